The molecule has 0 atom stereocenters. The average molecular weight is 521 g/mol. The molecule has 2 aromatic heterocycles. The Hall–Kier alpha value is -4.54. The van der Waals surface area contributed by atoms with Crippen molar-refractivity contribution in [2.75, 3.05) is 19.5 Å². The lowest BCUT2D eigenvalue weighted by Gasteiger charge is -2.15. The van der Waals surface area contributed by atoms with Crippen molar-refractivity contribution in [3.63, 3.8) is 0 Å². The zero-order chi connectivity index (χ0) is 26.8. The Bertz CT molecular complexity index is 1620. The van der Waals surface area contributed by atoms with Gasteiger partial charge in [0.1, 0.15) is 35.7 Å². The van der Waals surface area contributed by atoms with Gasteiger partial charge in [0.05, 0.1) is 14.2 Å². The molecular formula is C27H28N4O7. The molecule has 1 aliphatic carbocycles. The molecule has 2 heterocycles. The molecular weight excluding hydrogens is 492 g/mol. The summed E-state index contributed by atoms with van der Waals surface area (Å²) in [7, 11) is 2.99. The second kappa shape index (κ2) is 10.4. The van der Waals surface area contributed by atoms with E-state index in [0.717, 1.165) is 34.8 Å². The molecule has 198 valence electrons. The van der Waals surface area contributed by atoms with E-state index in [1.54, 1.807) is 42.5 Å². The van der Waals surface area contributed by atoms with Crippen molar-refractivity contribution >= 4 is 39.6 Å². The molecule has 5 rings (SSSR count). The number of rotatable bonds is 8. The summed E-state index contributed by atoms with van der Waals surface area (Å²) in [5, 5.41) is 6.14. The Kier molecular flexibility index (Phi) is 6.91. The number of benzene rings is 2. The fourth-order valence-corrected chi connectivity index (χ4v) is 4.89. The van der Waals surface area contributed by atoms with Gasteiger partial charge in [-0.25, -0.2) is 9.36 Å². The normalized spacial score (nSPS) is 13.6. The molecule has 1 aliphatic rings. The highest BCUT2D eigenvalue weighted by Gasteiger charge is 2.24. The first kappa shape index (κ1) is 25.1. The first-order valence-electron chi connectivity index (χ1n) is 12.3. The largest absolute Gasteiger partial charge is 0.497 e. The maximum Gasteiger partial charge on any atom is 0.332 e. The zero-order valence-electron chi connectivity index (χ0n) is 21.1. The number of anilines is 1. The molecule has 1 fully saturated rings. The number of fused-ring (bicyclic) bond motifs is 3. The van der Waals surface area contributed by atoms with Crippen LogP contribution in [-0.2, 0) is 22.7 Å². The van der Waals surface area contributed by atoms with E-state index in [4.69, 9.17) is 13.9 Å². The molecule has 11 heteroatoms. The van der Waals surface area contributed by atoms with Crippen molar-refractivity contribution in [1.29, 1.82) is 0 Å². The van der Waals surface area contributed by atoms with E-state index in [0.29, 0.717) is 28.2 Å². The van der Waals surface area contributed by atoms with Crippen molar-refractivity contribution in [2.45, 2.75) is 44.8 Å². The van der Waals surface area contributed by atoms with Gasteiger partial charge in [0, 0.05) is 35.3 Å². The quantitative estimate of drug-likeness (QED) is 0.365. The number of furan rings is 1. The Morgan fingerprint density at radius 1 is 0.947 bits per heavy atom. The summed E-state index contributed by atoms with van der Waals surface area (Å²) in [6.45, 7) is -0.904. The van der Waals surface area contributed by atoms with E-state index in [2.05, 4.69) is 10.6 Å². The Balaban J connectivity index is 1.54. The molecule has 2 N–H and O–H groups in total. The van der Waals surface area contributed by atoms with E-state index < -0.39 is 36.2 Å². The van der Waals surface area contributed by atoms with Crippen LogP contribution in [-0.4, -0.2) is 41.2 Å². The number of hydrogen-bond donors (Lipinski definition) is 2. The minimum absolute atomic E-state index is 0.0287. The third kappa shape index (κ3) is 4.86. The first-order valence-corrected chi connectivity index (χ1v) is 12.3. The van der Waals surface area contributed by atoms with Crippen LogP contribution in [0.4, 0.5) is 5.69 Å². The minimum atomic E-state index is -0.783. The number of ether oxygens (including phenoxy) is 2. The molecule has 2 aromatic carbocycles. The molecule has 0 spiro atoms. The molecule has 38 heavy (non-hydrogen) atoms. The van der Waals surface area contributed by atoms with Gasteiger partial charge in [0.15, 0.2) is 0 Å². The van der Waals surface area contributed by atoms with Crippen LogP contribution in [0, 0.1) is 0 Å². The highest BCUT2D eigenvalue weighted by Crippen LogP contribution is 2.27. The molecule has 4 aromatic rings. The molecule has 0 unspecified atom stereocenters. The summed E-state index contributed by atoms with van der Waals surface area (Å²) in [6.07, 6.45) is 3.78. The van der Waals surface area contributed by atoms with Crippen molar-refractivity contribution < 1.29 is 23.5 Å². The van der Waals surface area contributed by atoms with Gasteiger partial charge in [0.25, 0.3) is 5.56 Å². The second-order valence-electron chi connectivity index (χ2n) is 9.23. The second-order valence-corrected chi connectivity index (χ2v) is 9.23. The lowest BCUT2D eigenvalue weighted by Crippen LogP contribution is -2.46. The molecule has 1 saturated carbocycles. The number of nitrogens with one attached hydrogen (secondary N) is 2. The molecule has 0 radical (unpaired) electrons. The van der Waals surface area contributed by atoms with Gasteiger partial charge >= 0.3 is 5.69 Å². The van der Waals surface area contributed by atoms with Gasteiger partial charge in [-0.3, -0.25) is 19.0 Å². The van der Waals surface area contributed by atoms with Crippen LogP contribution in [0.1, 0.15) is 25.7 Å². The van der Waals surface area contributed by atoms with Gasteiger partial charge in [-0.2, -0.15) is 0 Å². The number of carbonyl (C=O) groups excluding carboxylic acids is 2. The van der Waals surface area contributed by atoms with Gasteiger partial charge < -0.3 is 24.5 Å². The summed E-state index contributed by atoms with van der Waals surface area (Å²) in [5.74, 6) is -0.0237. The summed E-state index contributed by atoms with van der Waals surface area (Å²) in [6, 6.07) is 11.8. The monoisotopic (exact) mass is 520 g/mol. The third-order valence-corrected chi connectivity index (χ3v) is 6.70. The third-order valence-electron chi connectivity index (χ3n) is 6.70. The lowest BCUT2D eigenvalue weighted by atomic mass is 10.2. The predicted octanol–water partition coefficient (Wildman–Crippen LogP) is 2.62. The van der Waals surface area contributed by atoms with Crippen LogP contribution in [0.5, 0.6) is 11.5 Å². The lowest BCUT2D eigenvalue weighted by molar-refractivity contribution is -0.122. The Labute approximate surface area is 216 Å². The highest BCUT2D eigenvalue weighted by molar-refractivity contribution is 6.03. The zero-order valence-corrected chi connectivity index (χ0v) is 21.1. The summed E-state index contributed by atoms with van der Waals surface area (Å²) in [5.41, 5.74) is -0.627. The van der Waals surface area contributed by atoms with Gasteiger partial charge in [0.2, 0.25) is 17.4 Å². The van der Waals surface area contributed by atoms with Gasteiger partial charge in [-0.15, -0.1) is 0 Å². The van der Waals surface area contributed by atoms with Crippen LogP contribution in [0.25, 0.3) is 22.1 Å². The van der Waals surface area contributed by atoms with E-state index in [-0.39, 0.29) is 17.1 Å². The van der Waals surface area contributed by atoms with Crippen molar-refractivity contribution in [3.05, 3.63) is 63.3 Å². The number of carbonyl (C=O) groups is 2. The van der Waals surface area contributed by atoms with Gasteiger partial charge in [-0.1, -0.05) is 25.0 Å². The topological polar surface area (TPSA) is 134 Å². The van der Waals surface area contributed by atoms with Crippen LogP contribution in [0.15, 0.2) is 56.5 Å². The summed E-state index contributed by atoms with van der Waals surface area (Å²) < 4.78 is 18.3. The van der Waals surface area contributed by atoms with Crippen molar-refractivity contribution in [1.82, 2.24) is 14.5 Å². The molecule has 2 amide bonds. The minimum Gasteiger partial charge on any atom is -0.497 e. The SMILES string of the molecule is COc1cc(NC(=O)Cn2c(=O)n(CC(=O)NC3CCCC3)c(=O)c3oc4ccccc4c32)cc(OC)c1. The number of para-hydroxylation sites is 1. The smallest absolute Gasteiger partial charge is 0.332 e. The maximum atomic E-state index is 13.6. The predicted molar refractivity (Wildman–Crippen MR) is 141 cm³/mol. The Morgan fingerprint density at radius 3 is 2.29 bits per heavy atom. The number of methoxy groups -OCH3 is 2. The van der Waals surface area contributed by atoms with E-state index in [9.17, 15) is 19.2 Å². The van der Waals surface area contributed by atoms with Crippen molar-refractivity contribution in [3.8, 4) is 11.5 Å². The molecule has 11 nitrogen and oxygen atoms in total. The van der Waals surface area contributed by atoms with Crippen LogP contribution in [0.3, 0.4) is 0 Å². The van der Waals surface area contributed by atoms with E-state index in [1.165, 1.54) is 14.2 Å². The van der Waals surface area contributed by atoms with Crippen LogP contribution >= 0.6 is 0 Å². The summed E-state index contributed by atoms with van der Waals surface area (Å²) >= 11 is 0. The fraction of sp³-hybridized carbons (Fsp3) is 0.333. The average Bonchev–Trinajstić information content (AvgIpc) is 3.56. The molecule has 0 aliphatic heterocycles. The number of aromatic nitrogens is 2. The number of amides is 2. The summed E-state index contributed by atoms with van der Waals surface area (Å²) in [4.78, 5) is 52.8. The van der Waals surface area contributed by atoms with Crippen LogP contribution < -0.4 is 31.4 Å². The van der Waals surface area contributed by atoms with Crippen molar-refractivity contribution in [2.24, 2.45) is 0 Å². The molecule has 0 bridgehead atoms. The van der Waals surface area contributed by atoms with E-state index in [1.807, 2.05) is 0 Å². The van der Waals surface area contributed by atoms with Crippen LogP contribution in [0.2, 0.25) is 0 Å². The number of hydrogen-bond acceptors (Lipinski definition) is 7. The van der Waals surface area contributed by atoms with E-state index >= 15 is 0 Å². The maximum absolute atomic E-state index is 13.6. The highest BCUT2D eigenvalue weighted by atomic mass is 16.5. The first-order chi connectivity index (χ1) is 18.4. The molecule has 0 saturated heterocycles. The van der Waals surface area contributed by atoms with Gasteiger partial charge in [-0.05, 0) is 25.0 Å². The Morgan fingerprint density at radius 2 is 1.61 bits per heavy atom. The standard InChI is InChI=1S/C27H28N4O7/c1-36-18-11-17(12-19(13-18)37-2)29-22(32)14-30-24-20-9-5-6-10-21(20)38-25(24)26(34)31(27(30)35)15-23(33)28-16-7-3-4-8-16/h5-6,9-13,16H,3-4,7-8,14-15H2,1-2H3,(H,28,33)(H,29,32). The number of nitrogens with zero attached hydrogens (tertiary/aromatic N) is 2. The fourth-order valence-electron chi connectivity index (χ4n) is 4.89.